The summed E-state index contributed by atoms with van der Waals surface area (Å²) in [6.07, 6.45) is 0. The maximum atomic E-state index is 11.0. The summed E-state index contributed by atoms with van der Waals surface area (Å²) < 4.78 is 0. The minimum atomic E-state index is -0.0592. The van der Waals surface area contributed by atoms with Gasteiger partial charge in [-0.1, -0.05) is 0 Å². The molecular weight excluding hydrogens is 260 g/mol. The zero-order chi connectivity index (χ0) is 13.4. The second-order valence-electron chi connectivity index (χ2n) is 5.58. The predicted octanol–water partition coefficient (Wildman–Crippen LogP) is 1.14. The topological polar surface area (TPSA) is 57.3 Å². The molecule has 0 aliphatic carbocycles. The van der Waals surface area contributed by atoms with Crippen molar-refractivity contribution in [2.45, 2.75) is 26.4 Å². The van der Waals surface area contributed by atoms with Gasteiger partial charge in [0.15, 0.2) is 5.13 Å². The minimum absolute atomic E-state index is 0.0592. The van der Waals surface area contributed by atoms with Gasteiger partial charge in [-0.2, -0.15) is 0 Å². The molecule has 0 spiro atoms. The molecule has 6 heteroatoms. The van der Waals surface area contributed by atoms with Gasteiger partial charge < -0.3 is 10.6 Å². The Kier molecular flexibility index (Phi) is 3.56. The first kappa shape index (κ1) is 13.0. The molecule has 2 aliphatic heterocycles. The van der Waals surface area contributed by atoms with Crippen LogP contribution in [-0.4, -0.2) is 41.5 Å². The van der Waals surface area contributed by atoms with Gasteiger partial charge in [0.1, 0.15) is 0 Å². The van der Waals surface area contributed by atoms with Gasteiger partial charge in [0, 0.05) is 31.4 Å². The first-order valence-corrected chi connectivity index (χ1v) is 7.68. The standard InChI is InChI=1S/C13H20N4OS/c1-8-12-4-14-3-10(12)5-17(8)6-11-7-19-13(16-11)15-9(2)18/h7-8,10,12,14H,3-6H2,1-2H3,(H,15,16,18). The molecule has 0 saturated carbocycles. The SMILES string of the molecule is CC(=O)Nc1nc(CN2CC3CNCC3C2C)cs1. The van der Waals surface area contributed by atoms with E-state index in [2.05, 4.69) is 27.4 Å². The van der Waals surface area contributed by atoms with Crippen LogP contribution in [0.15, 0.2) is 5.38 Å². The number of amides is 1. The molecule has 1 aromatic heterocycles. The molecular formula is C13H20N4OS. The summed E-state index contributed by atoms with van der Waals surface area (Å²) in [4.78, 5) is 18.0. The van der Waals surface area contributed by atoms with Crippen molar-refractivity contribution >= 4 is 22.4 Å². The smallest absolute Gasteiger partial charge is 0.223 e. The van der Waals surface area contributed by atoms with Crippen molar-refractivity contribution < 1.29 is 4.79 Å². The molecule has 1 aromatic rings. The van der Waals surface area contributed by atoms with Crippen LogP contribution in [0.5, 0.6) is 0 Å². The molecule has 104 valence electrons. The number of carbonyl (C=O) groups excluding carboxylic acids is 1. The van der Waals surface area contributed by atoms with E-state index in [1.807, 2.05) is 5.38 Å². The first-order valence-electron chi connectivity index (χ1n) is 6.80. The molecule has 3 heterocycles. The lowest BCUT2D eigenvalue weighted by Gasteiger charge is -2.23. The van der Waals surface area contributed by atoms with Crippen LogP contribution < -0.4 is 10.6 Å². The van der Waals surface area contributed by atoms with Crippen LogP contribution in [0.1, 0.15) is 19.5 Å². The average Bonchev–Trinajstić information content (AvgIpc) is 3.01. The number of hydrogen-bond acceptors (Lipinski definition) is 5. The molecule has 3 atom stereocenters. The summed E-state index contributed by atoms with van der Waals surface area (Å²) in [5.74, 6) is 1.52. The fourth-order valence-electron chi connectivity index (χ4n) is 3.26. The summed E-state index contributed by atoms with van der Waals surface area (Å²) in [6.45, 7) is 8.18. The zero-order valence-electron chi connectivity index (χ0n) is 11.3. The van der Waals surface area contributed by atoms with Crippen LogP contribution in [0.25, 0.3) is 0 Å². The Morgan fingerprint density at radius 1 is 1.63 bits per heavy atom. The van der Waals surface area contributed by atoms with E-state index in [0.29, 0.717) is 11.2 Å². The highest BCUT2D eigenvalue weighted by Gasteiger charge is 2.41. The van der Waals surface area contributed by atoms with Crippen LogP contribution >= 0.6 is 11.3 Å². The Balaban J connectivity index is 1.62. The molecule has 2 saturated heterocycles. The second-order valence-corrected chi connectivity index (χ2v) is 6.44. The number of thiazole rings is 1. The van der Waals surface area contributed by atoms with E-state index in [1.165, 1.54) is 18.3 Å². The molecule has 3 rings (SSSR count). The van der Waals surface area contributed by atoms with E-state index in [4.69, 9.17) is 0 Å². The summed E-state index contributed by atoms with van der Waals surface area (Å²) in [5, 5.41) is 8.97. The Morgan fingerprint density at radius 2 is 2.47 bits per heavy atom. The molecule has 0 radical (unpaired) electrons. The van der Waals surface area contributed by atoms with Crippen molar-refractivity contribution in [1.29, 1.82) is 0 Å². The number of anilines is 1. The highest BCUT2D eigenvalue weighted by atomic mass is 32.1. The van der Waals surface area contributed by atoms with Gasteiger partial charge in [-0.15, -0.1) is 11.3 Å². The largest absolute Gasteiger partial charge is 0.316 e. The van der Waals surface area contributed by atoms with E-state index < -0.39 is 0 Å². The molecule has 3 unspecified atom stereocenters. The second kappa shape index (κ2) is 5.19. The van der Waals surface area contributed by atoms with Crippen molar-refractivity contribution in [3.63, 3.8) is 0 Å². The number of nitrogens with one attached hydrogen (secondary N) is 2. The Labute approximate surface area is 117 Å². The van der Waals surface area contributed by atoms with E-state index in [9.17, 15) is 4.79 Å². The maximum Gasteiger partial charge on any atom is 0.223 e. The monoisotopic (exact) mass is 280 g/mol. The normalized spacial score (nSPS) is 30.5. The summed E-state index contributed by atoms with van der Waals surface area (Å²) >= 11 is 1.50. The van der Waals surface area contributed by atoms with Gasteiger partial charge in [-0.3, -0.25) is 9.69 Å². The fourth-order valence-corrected chi connectivity index (χ4v) is 4.01. The van der Waals surface area contributed by atoms with Crippen molar-refractivity contribution in [3.8, 4) is 0 Å². The van der Waals surface area contributed by atoms with Crippen LogP contribution in [0.2, 0.25) is 0 Å². The summed E-state index contributed by atoms with van der Waals surface area (Å²) in [7, 11) is 0. The van der Waals surface area contributed by atoms with Gasteiger partial charge in [0.05, 0.1) is 5.69 Å². The Hall–Kier alpha value is -0.980. The Bertz CT molecular complexity index is 475. The summed E-state index contributed by atoms with van der Waals surface area (Å²) in [5.41, 5.74) is 1.06. The van der Waals surface area contributed by atoms with Crippen molar-refractivity contribution in [2.75, 3.05) is 25.0 Å². The highest BCUT2D eigenvalue weighted by molar-refractivity contribution is 7.13. The van der Waals surface area contributed by atoms with Crippen LogP contribution in [0, 0.1) is 11.8 Å². The number of nitrogens with zero attached hydrogens (tertiary/aromatic N) is 2. The Morgan fingerprint density at radius 3 is 3.21 bits per heavy atom. The number of carbonyl (C=O) groups is 1. The van der Waals surface area contributed by atoms with Gasteiger partial charge in [-0.05, 0) is 31.8 Å². The average molecular weight is 280 g/mol. The van der Waals surface area contributed by atoms with Gasteiger partial charge in [0.25, 0.3) is 0 Å². The lowest BCUT2D eigenvalue weighted by Crippen LogP contribution is -2.32. The van der Waals surface area contributed by atoms with E-state index in [-0.39, 0.29) is 5.91 Å². The first-order chi connectivity index (χ1) is 9.13. The molecule has 0 aromatic carbocycles. The number of hydrogen-bond donors (Lipinski definition) is 2. The molecule has 2 N–H and O–H groups in total. The lowest BCUT2D eigenvalue weighted by atomic mass is 9.95. The quantitative estimate of drug-likeness (QED) is 0.872. The fraction of sp³-hybridized carbons (Fsp3) is 0.692. The third kappa shape index (κ3) is 2.66. The highest BCUT2D eigenvalue weighted by Crippen LogP contribution is 2.33. The number of rotatable bonds is 3. The lowest BCUT2D eigenvalue weighted by molar-refractivity contribution is -0.114. The molecule has 2 aliphatic rings. The zero-order valence-corrected chi connectivity index (χ0v) is 12.2. The molecule has 2 fully saturated rings. The van der Waals surface area contributed by atoms with Crippen molar-refractivity contribution in [3.05, 3.63) is 11.1 Å². The molecule has 19 heavy (non-hydrogen) atoms. The molecule has 5 nitrogen and oxygen atoms in total. The van der Waals surface area contributed by atoms with Crippen LogP contribution in [0.4, 0.5) is 5.13 Å². The number of likely N-dealkylation sites (tertiary alicyclic amines) is 1. The van der Waals surface area contributed by atoms with Crippen molar-refractivity contribution in [2.24, 2.45) is 11.8 Å². The number of fused-ring (bicyclic) bond motifs is 1. The minimum Gasteiger partial charge on any atom is -0.316 e. The maximum absolute atomic E-state index is 11.0. The predicted molar refractivity (Wildman–Crippen MR) is 76.1 cm³/mol. The third-order valence-electron chi connectivity index (χ3n) is 4.26. The van der Waals surface area contributed by atoms with Gasteiger partial charge in [0.2, 0.25) is 5.91 Å². The van der Waals surface area contributed by atoms with Crippen molar-refractivity contribution in [1.82, 2.24) is 15.2 Å². The number of aromatic nitrogens is 1. The van der Waals surface area contributed by atoms with E-state index >= 15 is 0 Å². The van der Waals surface area contributed by atoms with Gasteiger partial charge in [-0.25, -0.2) is 4.98 Å². The molecule has 1 amide bonds. The summed E-state index contributed by atoms with van der Waals surface area (Å²) in [6, 6.07) is 0.617. The molecule has 0 bridgehead atoms. The third-order valence-corrected chi connectivity index (χ3v) is 5.06. The van der Waals surface area contributed by atoms with E-state index in [0.717, 1.165) is 43.7 Å². The van der Waals surface area contributed by atoms with Gasteiger partial charge >= 0.3 is 0 Å². The van der Waals surface area contributed by atoms with Crippen LogP contribution in [0.3, 0.4) is 0 Å². The van der Waals surface area contributed by atoms with E-state index in [1.54, 1.807) is 0 Å². The van der Waals surface area contributed by atoms with Crippen LogP contribution in [-0.2, 0) is 11.3 Å².